The van der Waals surface area contributed by atoms with Crippen molar-refractivity contribution < 1.29 is 19.1 Å². The number of carbonyl (C=O) groups is 2. The number of H-pyrrole nitrogens is 2. The van der Waals surface area contributed by atoms with Crippen molar-refractivity contribution in [2.24, 2.45) is 11.8 Å². The Labute approximate surface area is 302 Å². The van der Waals surface area contributed by atoms with Gasteiger partial charge in [0.05, 0.1) is 12.1 Å². The van der Waals surface area contributed by atoms with Crippen LogP contribution in [0.25, 0.3) is 33.6 Å². The normalized spacial score (nSPS) is 23.3. The van der Waals surface area contributed by atoms with E-state index in [1.807, 2.05) is 95.0 Å². The number of piperidine rings is 1. The number of rotatable bonds is 5. The van der Waals surface area contributed by atoms with Gasteiger partial charge in [-0.15, -0.1) is 0 Å². The number of nitrogens with zero attached hydrogens (tertiary/aromatic N) is 4. The topological polar surface area (TPSA) is 116 Å². The smallest absolute Gasteiger partial charge is 0.411 e. The summed E-state index contributed by atoms with van der Waals surface area (Å²) in [6.45, 7) is 14.0. The van der Waals surface area contributed by atoms with Crippen molar-refractivity contribution in [3.63, 3.8) is 0 Å². The lowest BCUT2D eigenvalue weighted by Crippen LogP contribution is -2.38. The molecule has 2 aromatic carbocycles. The summed E-state index contributed by atoms with van der Waals surface area (Å²) in [4.78, 5) is 45.8. The van der Waals surface area contributed by atoms with Crippen LogP contribution in [0.2, 0.25) is 10.3 Å². The Balaban J connectivity index is 1.05. The highest BCUT2D eigenvalue weighted by atomic mass is 35.5. The minimum absolute atomic E-state index is 0.192. The minimum atomic E-state index is -0.584. The molecule has 1 saturated carbocycles. The van der Waals surface area contributed by atoms with Gasteiger partial charge >= 0.3 is 12.2 Å². The SMILES string of the molecule is CC1C[C@@H](c2nc(-c3ccc(-c4ccc(-c5nc([C@@H]6CC7CC7N6C(=O)OC(C)(C)C)[nH]c5Cl)cc4)cc3)c(Cl)[nH]2)N(C(=O)OC(C)(C)C)C1. The molecule has 3 fully saturated rings. The Hall–Kier alpha value is -4.02. The number of likely N-dealkylation sites (tertiary alicyclic amines) is 2. The fraction of sp³-hybridized carbons (Fsp3) is 0.474. The van der Waals surface area contributed by atoms with Crippen LogP contribution >= 0.6 is 23.2 Å². The maximum Gasteiger partial charge on any atom is 0.411 e. The predicted octanol–water partition coefficient (Wildman–Crippen LogP) is 9.83. The average Bonchev–Trinajstić information content (AvgIpc) is 3.38. The Kier molecular flexibility index (Phi) is 8.70. The lowest BCUT2D eigenvalue weighted by Gasteiger charge is -2.29. The first-order valence-corrected chi connectivity index (χ1v) is 18.0. The van der Waals surface area contributed by atoms with E-state index in [2.05, 4.69) is 16.9 Å². The lowest BCUT2D eigenvalue weighted by molar-refractivity contribution is 0.0172. The molecule has 2 amide bonds. The van der Waals surface area contributed by atoms with Gasteiger partial charge in [0, 0.05) is 23.7 Å². The van der Waals surface area contributed by atoms with Crippen LogP contribution < -0.4 is 0 Å². The number of fused-ring (bicyclic) bond motifs is 1. The molecule has 0 bridgehead atoms. The van der Waals surface area contributed by atoms with Gasteiger partial charge in [0.1, 0.15) is 44.5 Å². The second kappa shape index (κ2) is 12.6. The van der Waals surface area contributed by atoms with Crippen LogP contribution in [0.3, 0.4) is 0 Å². The number of aromatic amines is 2. The van der Waals surface area contributed by atoms with E-state index < -0.39 is 11.2 Å². The van der Waals surface area contributed by atoms with E-state index in [1.165, 1.54) is 0 Å². The largest absolute Gasteiger partial charge is 0.444 e. The van der Waals surface area contributed by atoms with Gasteiger partial charge in [-0.1, -0.05) is 78.7 Å². The standard InChI is InChI=1S/C38H44Cl2N6O4/c1-20-16-27(45(19-20)35(47)49-37(2,3)4)33-41-29(31(39)43-33)23-12-8-21(9-13-23)22-10-14-24(15-11-22)30-32(40)44-34(42-30)28-18-25-17-26(25)46(28)36(48)50-38(5,6)7/h8-15,20,25-28H,16-19H2,1-7H3,(H,41,43)(H,42,44)/t20?,25?,26?,27-,28-/m0/s1. The van der Waals surface area contributed by atoms with Gasteiger partial charge in [-0.25, -0.2) is 19.6 Å². The van der Waals surface area contributed by atoms with Gasteiger partial charge in [0.25, 0.3) is 0 Å². The number of halogens is 2. The maximum absolute atomic E-state index is 13.1. The number of amides is 2. The van der Waals surface area contributed by atoms with Crippen molar-refractivity contribution in [1.82, 2.24) is 29.7 Å². The first-order valence-electron chi connectivity index (χ1n) is 17.3. The second-order valence-electron chi connectivity index (χ2n) is 15.9. The molecule has 10 nitrogen and oxygen atoms in total. The van der Waals surface area contributed by atoms with E-state index in [-0.39, 0.29) is 30.3 Å². The molecular weight excluding hydrogens is 675 g/mol. The Morgan fingerprint density at radius 3 is 1.66 bits per heavy atom. The number of imidazole rings is 2. The average molecular weight is 720 g/mol. The van der Waals surface area contributed by atoms with Crippen molar-refractivity contribution in [2.75, 3.05) is 6.54 Å². The molecule has 2 aromatic heterocycles. The Morgan fingerprint density at radius 2 is 1.16 bits per heavy atom. The lowest BCUT2D eigenvalue weighted by atomic mass is 10.0. The monoisotopic (exact) mass is 718 g/mol. The fourth-order valence-corrected chi connectivity index (χ4v) is 7.68. The third-order valence-corrected chi connectivity index (χ3v) is 10.0. The molecule has 12 heteroatoms. The van der Waals surface area contributed by atoms with E-state index in [1.54, 1.807) is 4.90 Å². The third-order valence-electron chi connectivity index (χ3n) is 9.48. The molecule has 50 heavy (non-hydrogen) atoms. The summed E-state index contributed by atoms with van der Waals surface area (Å²) in [7, 11) is 0. The Bertz CT molecular complexity index is 1810. The van der Waals surface area contributed by atoms with E-state index in [4.69, 9.17) is 42.6 Å². The van der Waals surface area contributed by atoms with Crippen LogP contribution in [-0.4, -0.2) is 65.7 Å². The summed E-state index contributed by atoms with van der Waals surface area (Å²) in [5, 5.41) is 0.873. The number of benzene rings is 2. The summed E-state index contributed by atoms with van der Waals surface area (Å²) in [6.07, 6.45) is 1.97. The van der Waals surface area contributed by atoms with Gasteiger partial charge in [-0.2, -0.15) is 0 Å². The second-order valence-corrected chi connectivity index (χ2v) is 16.7. The molecule has 2 saturated heterocycles. The van der Waals surface area contributed by atoms with Crippen LogP contribution in [0.1, 0.15) is 91.5 Å². The molecule has 2 N–H and O–H groups in total. The molecule has 3 aliphatic rings. The van der Waals surface area contributed by atoms with E-state index in [9.17, 15) is 9.59 Å². The predicted molar refractivity (Wildman–Crippen MR) is 194 cm³/mol. The first-order chi connectivity index (χ1) is 23.5. The van der Waals surface area contributed by atoms with Crippen molar-refractivity contribution in [3.8, 4) is 33.6 Å². The van der Waals surface area contributed by atoms with E-state index in [0.717, 1.165) is 41.5 Å². The number of carbonyl (C=O) groups excluding carboxylic acids is 2. The number of nitrogens with one attached hydrogen (secondary N) is 2. The molecule has 0 radical (unpaired) electrons. The number of hydrogen-bond acceptors (Lipinski definition) is 6. The molecule has 1 aliphatic carbocycles. The van der Waals surface area contributed by atoms with Gasteiger partial charge in [0.2, 0.25) is 0 Å². The summed E-state index contributed by atoms with van der Waals surface area (Å²) < 4.78 is 11.4. The van der Waals surface area contributed by atoms with Crippen LogP contribution in [0.5, 0.6) is 0 Å². The summed E-state index contributed by atoms with van der Waals surface area (Å²) in [5.74, 6) is 2.12. The molecule has 4 aromatic rings. The van der Waals surface area contributed by atoms with Crippen LogP contribution in [0.15, 0.2) is 48.5 Å². The first kappa shape index (κ1) is 34.4. The van der Waals surface area contributed by atoms with Crippen molar-refractivity contribution >= 4 is 35.4 Å². The Morgan fingerprint density at radius 1 is 0.700 bits per heavy atom. The third kappa shape index (κ3) is 6.97. The molecule has 4 heterocycles. The molecule has 264 valence electrons. The number of ether oxygens (including phenoxy) is 2. The number of aromatic nitrogens is 4. The van der Waals surface area contributed by atoms with Gasteiger partial charge < -0.3 is 19.4 Å². The van der Waals surface area contributed by atoms with Crippen LogP contribution in [0, 0.1) is 11.8 Å². The zero-order valence-electron chi connectivity index (χ0n) is 29.5. The van der Waals surface area contributed by atoms with Crippen molar-refractivity contribution in [3.05, 3.63) is 70.5 Å². The summed E-state index contributed by atoms with van der Waals surface area (Å²) in [5.41, 5.74) is 3.94. The highest BCUT2D eigenvalue weighted by Crippen LogP contribution is 2.54. The summed E-state index contributed by atoms with van der Waals surface area (Å²) in [6, 6.07) is 15.9. The zero-order chi connectivity index (χ0) is 35.7. The minimum Gasteiger partial charge on any atom is -0.444 e. The summed E-state index contributed by atoms with van der Waals surface area (Å²) >= 11 is 13.4. The van der Waals surface area contributed by atoms with Gasteiger partial charge in [0.15, 0.2) is 0 Å². The zero-order valence-corrected chi connectivity index (χ0v) is 31.0. The highest BCUT2D eigenvalue weighted by molar-refractivity contribution is 6.32. The molecule has 5 atom stereocenters. The number of hydrogen-bond donors (Lipinski definition) is 2. The van der Waals surface area contributed by atoms with Gasteiger partial charge in [-0.3, -0.25) is 9.80 Å². The van der Waals surface area contributed by atoms with Crippen LogP contribution in [-0.2, 0) is 9.47 Å². The molecular formula is C38H44Cl2N6O4. The highest BCUT2D eigenvalue weighted by Gasteiger charge is 2.56. The van der Waals surface area contributed by atoms with Crippen molar-refractivity contribution in [2.45, 2.75) is 97.1 Å². The van der Waals surface area contributed by atoms with Gasteiger partial charge in [-0.05, 0) is 83.8 Å². The molecule has 0 spiro atoms. The quantitative estimate of drug-likeness (QED) is 0.212. The fourth-order valence-electron chi connectivity index (χ4n) is 7.18. The van der Waals surface area contributed by atoms with Crippen LogP contribution in [0.4, 0.5) is 9.59 Å². The molecule has 7 rings (SSSR count). The van der Waals surface area contributed by atoms with Crippen molar-refractivity contribution in [1.29, 1.82) is 0 Å². The maximum atomic E-state index is 13.1. The van der Waals surface area contributed by atoms with E-state index >= 15 is 0 Å². The molecule has 3 unspecified atom stereocenters. The van der Waals surface area contributed by atoms with E-state index in [0.29, 0.717) is 51.7 Å². The molecule has 2 aliphatic heterocycles.